The summed E-state index contributed by atoms with van der Waals surface area (Å²) in [4.78, 5) is 15.6. The Morgan fingerprint density at radius 3 is 3.00 bits per heavy atom. The van der Waals surface area contributed by atoms with Gasteiger partial charge < -0.3 is 10.1 Å². The van der Waals surface area contributed by atoms with Crippen molar-refractivity contribution in [3.63, 3.8) is 0 Å². The third kappa shape index (κ3) is 6.68. The van der Waals surface area contributed by atoms with Crippen molar-refractivity contribution in [3.05, 3.63) is 11.1 Å². The number of carbonyl (C=O) groups is 1. The molecule has 0 spiro atoms. The second-order valence-electron chi connectivity index (χ2n) is 4.24. The van der Waals surface area contributed by atoms with Gasteiger partial charge in [-0.15, -0.1) is 11.3 Å². The van der Waals surface area contributed by atoms with E-state index in [4.69, 9.17) is 4.74 Å². The van der Waals surface area contributed by atoms with Gasteiger partial charge in [-0.2, -0.15) is 0 Å². The van der Waals surface area contributed by atoms with Crippen LogP contribution in [0.5, 0.6) is 0 Å². The molecular weight excluding hydrogens is 284 g/mol. The van der Waals surface area contributed by atoms with E-state index in [1.54, 1.807) is 13.2 Å². The molecule has 0 aromatic carbocycles. The average molecular weight is 304 g/mol. The summed E-state index contributed by atoms with van der Waals surface area (Å²) in [6.45, 7) is 4.20. The van der Waals surface area contributed by atoms with Gasteiger partial charge in [-0.1, -0.05) is 0 Å². The predicted molar refractivity (Wildman–Crippen MR) is 79.1 cm³/mol. The van der Waals surface area contributed by atoms with Crippen LogP contribution in [0.25, 0.3) is 0 Å². The molecule has 1 aromatic rings. The van der Waals surface area contributed by atoms with Gasteiger partial charge in [0, 0.05) is 34.2 Å². The molecule has 0 aliphatic heterocycles. The normalized spacial score (nSPS) is 13.8. The molecule has 1 aromatic heterocycles. The molecule has 0 aliphatic rings. The van der Waals surface area contributed by atoms with Gasteiger partial charge >= 0.3 is 5.97 Å². The quantitative estimate of drug-likeness (QED) is 0.742. The zero-order valence-electron chi connectivity index (χ0n) is 11.5. The van der Waals surface area contributed by atoms with Crippen molar-refractivity contribution in [2.24, 2.45) is 0 Å². The van der Waals surface area contributed by atoms with Crippen LogP contribution >= 0.6 is 11.3 Å². The summed E-state index contributed by atoms with van der Waals surface area (Å²) in [7, 11) is -0.767. The lowest BCUT2D eigenvalue weighted by atomic mass is 10.3. The smallest absolute Gasteiger partial charge is 0.311 e. The van der Waals surface area contributed by atoms with Crippen LogP contribution in [-0.4, -0.2) is 39.8 Å². The molecule has 0 amide bonds. The summed E-state index contributed by atoms with van der Waals surface area (Å²) in [5, 5.41) is 5.88. The highest BCUT2D eigenvalue weighted by molar-refractivity contribution is 7.84. The monoisotopic (exact) mass is 304 g/mol. The van der Waals surface area contributed by atoms with E-state index in [0.717, 1.165) is 17.2 Å². The van der Waals surface area contributed by atoms with Gasteiger partial charge in [0.25, 0.3) is 0 Å². The molecule has 19 heavy (non-hydrogen) atoms. The van der Waals surface area contributed by atoms with Crippen molar-refractivity contribution < 1.29 is 13.7 Å². The van der Waals surface area contributed by atoms with Gasteiger partial charge in [0.05, 0.1) is 18.7 Å². The highest BCUT2D eigenvalue weighted by Crippen LogP contribution is 2.17. The van der Waals surface area contributed by atoms with Gasteiger partial charge in [-0.3, -0.25) is 9.00 Å². The number of rotatable bonds is 8. The van der Waals surface area contributed by atoms with Crippen LogP contribution in [0.15, 0.2) is 5.38 Å². The maximum absolute atomic E-state index is 11.3. The van der Waals surface area contributed by atoms with E-state index >= 15 is 0 Å². The van der Waals surface area contributed by atoms with E-state index in [1.807, 2.05) is 12.3 Å². The second kappa shape index (κ2) is 8.27. The Bertz CT molecular complexity index is 434. The van der Waals surface area contributed by atoms with Gasteiger partial charge in [-0.25, -0.2) is 4.98 Å². The summed E-state index contributed by atoms with van der Waals surface area (Å²) in [6, 6.07) is 0.213. The van der Waals surface area contributed by atoms with E-state index in [-0.39, 0.29) is 18.4 Å². The SMILES string of the molecule is CCOC(=O)Cc1csc(NC(C)CCS(C)=O)n1. The fourth-order valence-corrected chi connectivity index (χ4v) is 2.95. The molecule has 5 nitrogen and oxygen atoms in total. The molecule has 0 radical (unpaired) electrons. The largest absolute Gasteiger partial charge is 0.466 e. The zero-order chi connectivity index (χ0) is 14.3. The Morgan fingerprint density at radius 2 is 2.37 bits per heavy atom. The Hall–Kier alpha value is -0.950. The molecule has 1 rings (SSSR count). The number of esters is 1. The number of hydrogen-bond donors (Lipinski definition) is 1. The van der Waals surface area contributed by atoms with Crippen molar-refractivity contribution >= 4 is 33.2 Å². The van der Waals surface area contributed by atoms with Crippen LogP contribution in [0.2, 0.25) is 0 Å². The number of thiazole rings is 1. The summed E-state index contributed by atoms with van der Waals surface area (Å²) in [5.41, 5.74) is 0.720. The standard InChI is InChI=1S/C12H20N2O3S2/c1-4-17-11(15)7-10-8-18-12(14-10)13-9(2)5-6-19(3)16/h8-9H,4-7H2,1-3H3,(H,13,14). The first-order chi connectivity index (χ1) is 9.01. The van der Waals surface area contributed by atoms with E-state index < -0.39 is 10.8 Å². The van der Waals surface area contributed by atoms with Gasteiger partial charge in [-0.05, 0) is 20.3 Å². The minimum Gasteiger partial charge on any atom is -0.466 e. The van der Waals surface area contributed by atoms with Crippen molar-refractivity contribution in [3.8, 4) is 0 Å². The number of ether oxygens (including phenoxy) is 1. The maximum atomic E-state index is 11.3. The first kappa shape index (κ1) is 16.1. The van der Waals surface area contributed by atoms with Gasteiger partial charge in [0.1, 0.15) is 0 Å². The summed E-state index contributed by atoms with van der Waals surface area (Å²) in [6.07, 6.45) is 2.74. The lowest BCUT2D eigenvalue weighted by Crippen LogP contribution is -2.17. The summed E-state index contributed by atoms with van der Waals surface area (Å²) in [5.74, 6) is 0.420. The molecular formula is C12H20N2O3S2. The third-order valence-corrected chi connectivity index (χ3v) is 4.02. The highest BCUT2D eigenvalue weighted by Gasteiger charge is 2.10. The van der Waals surface area contributed by atoms with Crippen LogP contribution in [0.3, 0.4) is 0 Å². The van der Waals surface area contributed by atoms with Crippen LogP contribution in [-0.2, 0) is 26.8 Å². The molecule has 0 aliphatic carbocycles. The third-order valence-electron chi connectivity index (χ3n) is 2.39. The average Bonchev–Trinajstić information content (AvgIpc) is 2.74. The zero-order valence-corrected chi connectivity index (χ0v) is 13.1. The van der Waals surface area contributed by atoms with Crippen molar-refractivity contribution in [1.82, 2.24) is 4.98 Å². The van der Waals surface area contributed by atoms with E-state index in [9.17, 15) is 9.00 Å². The predicted octanol–water partition coefficient (Wildman–Crippen LogP) is 1.82. The first-order valence-corrected chi connectivity index (χ1v) is 8.78. The Kier molecular flexibility index (Phi) is 7.01. The molecule has 7 heteroatoms. The summed E-state index contributed by atoms with van der Waals surface area (Å²) >= 11 is 1.47. The van der Waals surface area contributed by atoms with E-state index in [0.29, 0.717) is 12.4 Å². The molecule has 1 heterocycles. The minimum atomic E-state index is -0.767. The first-order valence-electron chi connectivity index (χ1n) is 6.17. The Balaban J connectivity index is 2.41. The van der Waals surface area contributed by atoms with Crippen LogP contribution in [0.4, 0.5) is 5.13 Å². The Labute approximate surface area is 120 Å². The number of hydrogen-bond acceptors (Lipinski definition) is 6. The minimum absolute atomic E-state index is 0.208. The number of nitrogens with zero attached hydrogens (tertiary/aromatic N) is 1. The van der Waals surface area contributed by atoms with E-state index in [2.05, 4.69) is 10.3 Å². The van der Waals surface area contributed by atoms with Gasteiger partial charge in [0.15, 0.2) is 5.13 Å². The molecule has 2 unspecified atom stereocenters. The molecule has 108 valence electrons. The Morgan fingerprint density at radius 1 is 1.63 bits per heavy atom. The van der Waals surface area contributed by atoms with Crippen LogP contribution < -0.4 is 5.32 Å². The fraction of sp³-hybridized carbons (Fsp3) is 0.667. The number of nitrogens with one attached hydrogen (secondary N) is 1. The summed E-state index contributed by atoms with van der Waals surface area (Å²) < 4.78 is 15.9. The number of aromatic nitrogens is 1. The molecule has 1 N–H and O–H groups in total. The number of carbonyl (C=O) groups excluding carboxylic acids is 1. The molecule has 0 fully saturated rings. The topological polar surface area (TPSA) is 68.3 Å². The maximum Gasteiger partial charge on any atom is 0.311 e. The van der Waals surface area contributed by atoms with Crippen LogP contribution in [0, 0.1) is 0 Å². The molecule has 0 saturated heterocycles. The van der Waals surface area contributed by atoms with Gasteiger partial charge in [0.2, 0.25) is 0 Å². The van der Waals surface area contributed by atoms with Crippen molar-refractivity contribution in [1.29, 1.82) is 0 Å². The van der Waals surface area contributed by atoms with Crippen molar-refractivity contribution in [2.75, 3.05) is 23.9 Å². The highest BCUT2D eigenvalue weighted by atomic mass is 32.2. The fourth-order valence-electron chi connectivity index (χ4n) is 1.44. The van der Waals surface area contributed by atoms with Crippen molar-refractivity contribution in [2.45, 2.75) is 32.7 Å². The lowest BCUT2D eigenvalue weighted by Gasteiger charge is -2.11. The number of anilines is 1. The second-order valence-corrected chi connectivity index (χ2v) is 6.65. The lowest BCUT2D eigenvalue weighted by molar-refractivity contribution is -0.142. The van der Waals surface area contributed by atoms with E-state index in [1.165, 1.54) is 11.3 Å². The molecule has 0 saturated carbocycles. The van der Waals surface area contributed by atoms with Crippen LogP contribution in [0.1, 0.15) is 26.0 Å². The molecule has 2 atom stereocenters. The molecule has 0 bridgehead atoms.